The van der Waals surface area contributed by atoms with E-state index in [1.165, 1.54) is 13.2 Å². The van der Waals surface area contributed by atoms with Crippen LogP contribution in [0.15, 0.2) is 63.9 Å². The van der Waals surface area contributed by atoms with Crippen LogP contribution in [-0.4, -0.2) is 44.1 Å². The van der Waals surface area contributed by atoms with Crippen molar-refractivity contribution in [2.75, 3.05) is 28.4 Å². The molecule has 0 saturated carbocycles. The number of nitrogens with zero attached hydrogens (tertiary/aromatic N) is 1. The van der Waals surface area contributed by atoms with Crippen LogP contribution in [0.5, 0.6) is 34.5 Å². The van der Waals surface area contributed by atoms with Gasteiger partial charge in [-0.1, -0.05) is 6.07 Å². The van der Waals surface area contributed by atoms with Crippen molar-refractivity contribution in [3.8, 4) is 45.6 Å². The minimum absolute atomic E-state index is 0.0978. The number of fused-ring (bicyclic) bond motifs is 7. The first-order valence-corrected chi connectivity index (χ1v) is 13.0. The number of hydrogen-bond donors (Lipinski definition) is 1. The SMILES string of the molecule is COc1cc2c(cc1O)oc(=O)c1c2c(-c2ccc(OC)c(OC(C)C)c2)c2c3cc(OC)c(OC)cc3ccn21. The van der Waals surface area contributed by atoms with Gasteiger partial charge < -0.3 is 37.6 Å². The van der Waals surface area contributed by atoms with E-state index in [0.717, 1.165) is 27.4 Å². The van der Waals surface area contributed by atoms with Crippen molar-refractivity contribution < 1.29 is 33.2 Å². The van der Waals surface area contributed by atoms with Gasteiger partial charge in [0.1, 0.15) is 11.1 Å². The number of methoxy groups -OCH3 is 4. The van der Waals surface area contributed by atoms with Gasteiger partial charge in [-0.2, -0.15) is 0 Å². The normalized spacial score (nSPS) is 11.6. The highest BCUT2D eigenvalue weighted by Gasteiger charge is 2.25. The molecule has 3 heterocycles. The van der Waals surface area contributed by atoms with Crippen LogP contribution >= 0.6 is 0 Å². The molecule has 3 aromatic heterocycles. The molecular weight excluding hydrogens is 526 g/mol. The first-order chi connectivity index (χ1) is 19.8. The van der Waals surface area contributed by atoms with E-state index in [4.69, 9.17) is 28.1 Å². The lowest BCUT2D eigenvalue weighted by Gasteiger charge is -2.15. The number of pyridine rings is 1. The summed E-state index contributed by atoms with van der Waals surface area (Å²) in [4.78, 5) is 13.6. The van der Waals surface area contributed by atoms with E-state index in [9.17, 15) is 9.90 Å². The summed E-state index contributed by atoms with van der Waals surface area (Å²) in [7, 11) is 6.24. The van der Waals surface area contributed by atoms with E-state index in [0.29, 0.717) is 39.3 Å². The number of rotatable bonds is 7. The molecule has 41 heavy (non-hydrogen) atoms. The smallest absolute Gasteiger partial charge is 0.361 e. The molecule has 0 aliphatic heterocycles. The minimum atomic E-state index is -0.551. The number of phenols is 1. The Morgan fingerprint density at radius 1 is 0.756 bits per heavy atom. The zero-order valence-electron chi connectivity index (χ0n) is 23.5. The largest absolute Gasteiger partial charge is 0.504 e. The van der Waals surface area contributed by atoms with Crippen LogP contribution in [0.2, 0.25) is 0 Å². The van der Waals surface area contributed by atoms with Crippen LogP contribution < -0.4 is 29.3 Å². The Kier molecular flexibility index (Phi) is 6.29. The Balaban J connectivity index is 1.88. The van der Waals surface area contributed by atoms with E-state index >= 15 is 0 Å². The van der Waals surface area contributed by atoms with E-state index in [1.807, 2.05) is 60.8 Å². The Bertz CT molecular complexity index is 2040. The lowest BCUT2D eigenvalue weighted by molar-refractivity contribution is 0.230. The number of hydrogen-bond acceptors (Lipinski definition) is 8. The highest BCUT2D eigenvalue weighted by Crippen LogP contribution is 2.46. The maximum Gasteiger partial charge on any atom is 0.361 e. The van der Waals surface area contributed by atoms with Crippen LogP contribution in [0, 0.1) is 0 Å². The average molecular weight is 556 g/mol. The van der Waals surface area contributed by atoms with E-state index < -0.39 is 5.63 Å². The molecule has 0 saturated heterocycles. The van der Waals surface area contributed by atoms with Gasteiger partial charge in [-0.3, -0.25) is 0 Å². The van der Waals surface area contributed by atoms with Crippen LogP contribution in [-0.2, 0) is 0 Å². The average Bonchev–Trinajstić information content (AvgIpc) is 3.32. The second kappa shape index (κ2) is 9.85. The molecule has 6 aromatic rings. The van der Waals surface area contributed by atoms with E-state index in [2.05, 4.69) is 0 Å². The number of phenolic OH excluding ortho intramolecular Hbond substituents is 1. The van der Waals surface area contributed by atoms with Crippen molar-refractivity contribution in [1.29, 1.82) is 0 Å². The van der Waals surface area contributed by atoms with Gasteiger partial charge >= 0.3 is 5.63 Å². The van der Waals surface area contributed by atoms with Gasteiger partial charge in [0.05, 0.1) is 40.1 Å². The lowest BCUT2D eigenvalue weighted by Crippen LogP contribution is -2.06. The summed E-state index contributed by atoms with van der Waals surface area (Å²) in [5.41, 5.74) is 2.33. The fourth-order valence-corrected chi connectivity index (χ4v) is 5.46. The van der Waals surface area contributed by atoms with Gasteiger partial charge in [-0.25, -0.2) is 4.79 Å². The third kappa shape index (κ3) is 4.04. The first kappa shape index (κ1) is 26.2. The molecule has 6 rings (SSSR count). The highest BCUT2D eigenvalue weighted by molar-refractivity contribution is 6.22. The molecule has 210 valence electrons. The molecular formula is C32H29NO8. The van der Waals surface area contributed by atoms with Crippen LogP contribution in [0.4, 0.5) is 0 Å². The van der Waals surface area contributed by atoms with Gasteiger partial charge in [0.2, 0.25) is 0 Å². The molecule has 3 aromatic carbocycles. The summed E-state index contributed by atoms with van der Waals surface area (Å²) in [6, 6.07) is 14.5. The minimum Gasteiger partial charge on any atom is -0.504 e. The van der Waals surface area contributed by atoms with Crippen LogP contribution in [0.25, 0.3) is 49.3 Å². The fraction of sp³-hybridized carbons (Fsp3) is 0.219. The molecule has 0 amide bonds. The highest BCUT2D eigenvalue weighted by atomic mass is 16.5. The molecule has 0 atom stereocenters. The third-order valence-corrected chi connectivity index (χ3v) is 7.18. The van der Waals surface area contributed by atoms with Crippen molar-refractivity contribution in [3.05, 3.63) is 65.1 Å². The van der Waals surface area contributed by atoms with Crippen molar-refractivity contribution >= 4 is 38.2 Å². The van der Waals surface area contributed by atoms with Crippen molar-refractivity contribution in [3.63, 3.8) is 0 Å². The molecule has 0 spiro atoms. The topological polar surface area (TPSA) is 101 Å². The second-order valence-electron chi connectivity index (χ2n) is 9.87. The molecule has 0 aliphatic carbocycles. The number of aromatic nitrogens is 1. The molecule has 9 heteroatoms. The molecule has 0 bridgehead atoms. The number of benzene rings is 3. The lowest BCUT2D eigenvalue weighted by atomic mass is 9.98. The third-order valence-electron chi connectivity index (χ3n) is 7.18. The predicted molar refractivity (Wildman–Crippen MR) is 158 cm³/mol. The quantitative estimate of drug-likeness (QED) is 0.222. The molecule has 9 nitrogen and oxygen atoms in total. The molecule has 0 aliphatic rings. The molecule has 0 fully saturated rings. The van der Waals surface area contributed by atoms with Crippen LogP contribution in [0.1, 0.15) is 13.8 Å². The second-order valence-corrected chi connectivity index (χ2v) is 9.87. The molecule has 0 radical (unpaired) electrons. The first-order valence-electron chi connectivity index (χ1n) is 13.0. The maximum absolute atomic E-state index is 13.6. The molecule has 1 N–H and O–H groups in total. The number of aromatic hydroxyl groups is 1. The Hall–Kier alpha value is -5.05. The predicted octanol–water partition coefficient (Wildman–Crippen LogP) is 6.55. The molecule has 0 unspecified atom stereocenters. The Morgan fingerprint density at radius 3 is 2.12 bits per heavy atom. The number of ether oxygens (including phenoxy) is 5. The Morgan fingerprint density at radius 2 is 1.44 bits per heavy atom. The summed E-state index contributed by atoms with van der Waals surface area (Å²) in [5, 5.41) is 13.4. The van der Waals surface area contributed by atoms with Gasteiger partial charge in [0.15, 0.2) is 34.5 Å². The zero-order valence-corrected chi connectivity index (χ0v) is 23.5. The maximum atomic E-state index is 13.6. The standard InChI is InChI=1S/C32H29NO8/c1-16(2)40-27-12-18(7-8-22(27)36-3)28-29-20-14-24(37-4)21(34)15-23(20)41-32(35)31(29)33-10-9-17-11-25(38-5)26(39-6)13-19(17)30(28)33/h7-16,34H,1-6H3. The zero-order chi connectivity index (χ0) is 29.0. The van der Waals surface area contributed by atoms with Gasteiger partial charge in [-0.05, 0) is 61.2 Å². The van der Waals surface area contributed by atoms with Crippen molar-refractivity contribution in [2.45, 2.75) is 20.0 Å². The summed E-state index contributed by atoms with van der Waals surface area (Å²) < 4.78 is 35.9. The Labute approximate surface area is 235 Å². The van der Waals surface area contributed by atoms with E-state index in [1.54, 1.807) is 27.4 Å². The van der Waals surface area contributed by atoms with Crippen molar-refractivity contribution in [1.82, 2.24) is 4.40 Å². The van der Waals surface area contributed by atoms with Crippen molar-refractivity contribution in [2.24, 2.45) is 0 Å². The van der Waals surface area contributed by atoms with Gasteiger partial charge in [0.25, 0.3) is 0 Å². The summed E-state index contributed by atoms with van der Waals surface area (Å²) in [6.07, 6.45) is 1.74. The summed E-state index contributed by atoms with van der Waals surface area (Å²) >= 11 is 0. The summed E-state index contributed by atoms with van der Waals surface area (Å²) in [5.74, 6) is 2.41. The monoisotopic (exact) mass is 555 g/mol. The van der Waals surface area contributed by atoms with Gasteiger partial charge in [0, 0.05) is 34.0 Å². The van der Waals surface area contributed by atoms with Gasteiger partial charge in [-0.15, -0.1) is 0 Å². The fourth-order valence-electron chi connectivity index (χ4n) is 5.46. The van der Waals surface area contributed by atoms with E-state index in [-0.39, 0.29) is 23.2 Å². The summed E-state index contributed by atoms with van der Waals surface area (Å²) in [6.45, 7) is 3.89. The van der Waals surface area contributed by atoms with Crippen LogP contribution in [0.3, 0.4) is 0 Å².